The van der Waals surface area contributed by atoms with Crippen molar-refractivity contribution < 1.29 is 9.53 Å². The number of amides is 1. The first-order chi connectivity index (χ1) is 10.8. The Hall–Kier alpha value is -2.49. The van der Waals surface area contributed by atoms with Gasteiger partial charge in [-0.05, 0) is 42.3 Å². The molecule has 2 aromatic rings. The zero-order chi connectivity index (χ0) is 15.4. The number of carbonyl (C=O) groups excluding carboxylic acids is 1. The summed E-state index contributed by atoms with van der Waals surface area (Å²) in [5.74, 6) is 1.18. The minimum absolute atomic E-state index is 0.0399. The molecule has 114 valence electrons. The van der Waals surface area contributed by atoms with Crippen LogP contribution in [0.2, 0.25) is 0 Å². The highest BCUT2D eigenvalue weighted by molar-refractivity contribution is 5.94. The Morgan fingerprint density at radius 3 is 2.77 bits per heavy atom. The van der Waals surface area contributed by atoms with E-state index in [-0.39, 0.29) is 5.91 Å². The number of anilines is 1. The summed E-state index contributed by atoms with van der Waals surface area (Å²) in [7, 11) is 1.61. The first-order valence-electron chi connectivity index (χ1n) is 7.53. The van der Waals surface area contributed by atoms with Crippen molar-refractivity contribution in [3.63, 3.8) is 0 Å². The molecule has 0 fully saturated rings. The van der Waals surface area contributed by atoms with E-state index in [0.29, 0.717) is 18.0 Å². The van der Waals surface area contributed by atoms with Gasteiger partial charge in [-0.2, -0.15) is 0 Å². The average molecular weight is 296 g/mol. The summed E-state index contributed by atoms with van der Waals surface area (Å²) >= 11 is 0. The van der Waals surface area contributed by atoms with Gasteiger partial charge in [0, 0.05) is 30.3 Å². The number of para-hydroxylation sites is 1. The van der Waals surface area contributed by atoms with E-state index in [4.69, 9.17) is 4.74 Å². The van der Waals surface area contributed by atoms with E-state index >= 15 is 0 Å². The Kier molecular flexibility index (Phi) is 4.28. The zero-order valence-electron chi connectivity index (χ0n) is 12.6. The maximum absolute atomic E-state index is 12.1. The molecular weight excluding hydrogens is 276 g/mol. The summed E-state index contributed by atoms with van der Waals surface area (Å²) in [6.45, 7) is 1.61. The molecule has 1 unspecified atom stereocenters. The van der Waals surface area contributed by atoms with Crippen LogP contribution in [-0.4, -0.2) is 26.1 Å². The standard InChI is InChI=1S/C18H20N2O2/c1-22-15-8-6-13(7-9-15)18(21)19-11-10-14-12-20-17-5-3-2-4-16(14)17/h2-9,14,20H,10-12H2,1H3,(H,19,21). The van der Waals surface area contributed by atoms with E-state index in [1.54, 1.807) is 31.4 Å². The number of methoxy groups -OCH3 is 1. The summed E-state index contributed by atoms with van der Waals surface area (Å²) in [4.78, 5) is 12.1. The number of hydrogen-bond donors (Lipinski definition) is 2. The van der Waals surface area contributed by atoms with E-state index < -0.39 is 0 Å². The Morgan fingerprint density at radius 2 is 2.00 bits per heavy atom. The molecular formula is C18H20N2O2. The molecule has 0 radical (unpaired) electrons. The minimum atomic E-state index is -0.0399. The predicted octanol–water partition coefficient (Wildman–Crippen LogP) is 3.02. The van der Waals surface area contributed by atoms with Gasteiger partial charge < -0.3 is 15.4 Å². The first-order valence-corrected chi connectivity index (χ1v) is 7.53. The van der Waals surface area contributed by atoms with Crippen LogP contribution in [0, 0.1) is 0 Å². The van der Waals surface area contributed by atoms with Crippen LogP contribution in [0.15, 0.2) is 48.5 Å². The molecule has 0 saturated carbocycles. The number of benzene rings is 2. The summed E-state index contributed by atoms with van der Waals surface area (Å²) < 4.78 is 5.09. The fourth-order valence-electron chi connectivity index (χ4n) is 2.82. The lowest BCUT2D eigenvalue weighted by Crippen LogP contribution is -2.25. The fourth-order valence-corrected chi connectivity index (χ4v) is 2.82. The molecule has 0 aliphatic carbocycles. The molecule has 4 heteroatoms. The van der Waals surface area contributed by atoms with Gasteiger partial charge in [0.2, 0.25) is 0 Å². The van der Waals surface area contributed by atoms with Gasteiger partial charge in [0.15, 0.2) is 0 Å². The van der Waals surface area contributed by atoms with Crippen LogP contribution in [0.1, 0.15) is 28.3 Å². The minimum Gasteiger partial charge on any atom is -0.497 e. The number of nitrogens with one attached hydrogen (secondary N) is 2. The van der Waals surface area contributed by atoms with Crippen molar-refractivity contribution >= 4 is 11.6 Å². The molecule has 3 rings (SSSR count). The molecule has 22 heavy (non-hydrogen) atoms. The first kappa shape index (κ1) is 14.4. The van der Waals surface area contributed by atoms with Gasteiger partial charge in [-0.15, -0.1) is 0 Å². The third kappa shape index (κ3) is 3.06. The van der Waals surface area contributed by atoms with Gasteiger partial charge in [-0.3, -0.25) is 4.79 Å². The van der Waals surface area contributed by atoms with E-state index in [9.17, 15) is 4.79 Å². The van der Waals surface area contributed by atoms with E-state index in [1.807, 2.05) is 6.07 Å². The van der Waals surface area contributed by atoms with Crippen LogP contribution < -0.4 is 15.4 Å². The highest BCUT2D eigenvalue weighted by Crippen LogP contribution is 2.32. The van der Waals surface area contributed by atoms with Crippen LogP contribution in [-0.2, 0) is 0 Å². The normalized spacial score (nSPS) is 15.8. The lowest BCUT2D eigenvalue weighted by molar-refractivity contribution is 0.0952. The lowest BCUT2D eigenvalue weighted by Gasteiger charge is -2.11. The lowest BCUT2D eigenvalue weighted by atomic mass is 9.98. The van der Waals surface area contributed by atoms with Crippen LogP contribution in [0.3, 0.4) is 0 Å². The molecule has 1 heterocycles. The molecule has 0 saturated heterocycles. The summed E-state index contributed by atoms with van der Waals surface area (Å²) in [6.07, 6.45) is 0.936. The van der Waals surface area contributed by atoms with Gasteiger partial charge in [-0.25, -0.2) is 0 Å². The number of ether oxygens (including phenoxy) is 1. The second-order valence-electron chi connectivity index (χ2n) is 5.44. The van der Waals surface area contributed by atoms with Crippen molar-refractivity contribution in [1.29, 1.82) is 0 Å². The summed E-state index contributed by atoms with van der Waals surface area (Å²) in [6, 6.07) is 15.5. The van der Waals surface area contributed by atoms with Crippen molar-refractivity contribution in [2.24, 2.45) is 0 Å². The van der Waals surface area contributed by atoms with Gasteiger partial charge in [0.1, 0.15) is 5.75 Å². The maximum Gasteiger partial charge on any atom is 0.251 e. The molecule has 0 bridgehead atoms. The number of fused-ring (bicyclic) bond motifs is 1. The van der Waals surface area contributed by atoms with Gasteiger partial charge in [0.25, 0.3) is 5.91 Å². The molecule has 0 aromatic heterocycles. The molecule has 2 aromatic carbocycles. The average Bonchev–Trinajstić information content (AvgIpc) is 2.98. The zero-order valence-corrected chi connectivity index (χ0v) is 12.6. The summed E-state index contributed by atoms with van der Waals surface area (Å²) in [5.41, 5.74) is 3.22. The van der Waals surface area contributed by atoms with E-state index in [0.717, 1.165) is 18.7 Å². The number of hydrogen-bond acceptors (Lipinski definition) is 3. The molecule has 0 spiro atoms. The van der Waals surface area contributed by atoms with Crippen LogP contribution in [0.4, 0.5) is 5.69 Å². The smallest absolute Gasteiger partial charge is 0.251 e. The predicted molar refractivity (Wildman–Crippen MR) is 87.6 cm³/mol. The number of carbonyl (C=O) groups is 1. The Balaban J connectivity index is 1.52. The van der Waals surface area contributed by atoms with Crippen LogP contribution in [0.5, 0.6) is 5.75 Å². The second kappa shape index (κ2) is 6.52. The van der Waals surface area contributed by atoms with Gasteiger partial charge >= 0.3 is 0 Å². The largest absolute Gasteiger partial charge is 0.497 e. The summed E-state index contributed by atoms with van der Waals surface area (Å²) in [5, 5.41) is 6.39. The molecule has 1 atom stereocenters. The van der Waals surface area contributed by atoms with Crippen molar-refractivity contribution in [1.82, 2.24) is 5.32 Å². The Labute approximate surface area is 130 Å². The van der Waals surface area contributed by atoms with E-state index in [2.05, 4.69) is 28.8 Å². The van der Waals surface area contributed by atoms with Gasteiger partial charge in [-0.1, -0.05) is 18.2 Å². The van der Waals surface area contributed by atoms with E-state index in [1.165, 1.54) is 11.3 Å². The Bertz CT molecular complexity index is 652. The molecule has 1 aliphatic rings. The highest BCUT2D eigenvalue weighted by Gasteiger charge is 2.21. The molecule has 1 amide bonds. The topological polar surface area (TPSA) is 50.4 Å². The van der Waals surface area contributed by atoms with Crippen LogP contribution >= 0.6 is 0 Å². The number of rotatable bonds is 5. The molecule has 1 aliphatic heterocycles. The van der Waals surface area contributed by atoms with Crippen molar-refractivity contribution in [3.8, 4) is 5.75 Å². The third-order valence-electron chi connectivity index (χ3n) is 4.07. The molecule has 4 nitrogen and oxygen atoms in total. The Morgan fingerprint density at radius 1 is 1.23 bits per heavy atom. The van der Waals surface area contributed by atoms with Crippen molar-refractivity contribution in [2.45, 2.75) is 12.3 Å². The fraction of sp³-hybridized carbons (Fsp3) is 0.278. The van der Waals surface area contributed by atoms with Crippen LogP contribution in [0.25, 0.3) is 0 Å². The monoisotopic (exact) mass is 296 g/mol. The van der Waals surface area contributed by atoms with Crippen molar-refractivity contribution in [3.05, 3.63) is 59.7 Å². The second-order valence-corrected chi connectivity index (χ2v) is 5.44. The maximum atomic E-state index is 12.1. The highest BCUT2D eigenvalue weighted by atomic mass is 16.5. The quantitative estimate of drug-likeness (QED) is 0.891. The third-order valence-corrected chi connectivity index (χ3v) is 4.07. The molecule has 2 N–H and O–H groups in total. The van der Waals surface area contributed by atoms with Crippen molar-refractivity contribution in [2.75, 3.05) is 25.5 Å². The van der Waals surface area contributed by atoms with Gasteiger partial charge in [0.05, 0.1) is 7.11 Å². The SMILES string of the molecule is COc1ccc(C(=O)NCCC2CNc3ccccc32)cc1.